The fraction of sp³-hybridized carbons (Fsp3) is 0.190. The molecule has 0 saturated heterocycles. The Balaban J connectivity index is 1.66. The Labute approximate surface area is 176 Å². The molecule has 1 atom stereocenters. The van der Waals surface area contributed by atoms with Gasteiger partial charge in [-0.15, -0.1) is 11.3 Å². The highest BCUT2D eigenvalue weighted by Gasteiger charge is 2.14. The predicted octanol–water partition coefficient (Wildman–Crippen LogP) is 4.98. The molecule has 1 heterocycles. The van der Waals surface area contributed by atoms with Crippen LogP contribution >= 0.6 is 22.9 Å². The zero-order valence-electron chi connectivity index (χ0n) is 15.8. The maximum Gasteiger partial charge on any atom is 0.230 e. The maximum atomic E-state index is 13.8. The third-order valence-corrected chi connectivity index (χ3v) is 5.39. The van der Waals surface area contributed by atoms with E-state index in [9.17, 15) is 14.0 Å². The highest BCUT2D eigenvalue weighted by atomic mass is 35.5. The van der Waals surface area contributed by atoms with E-state index in [-0.39, 0.29) is 29.0 Å². The summed E-state index contributed by atoms with van der Waals surface area (Å²) in [5.41, 5.74) is 2.74. The van der Waals surface area contributed by atoms with E-state index in [0.29, 0.717) is 10.8 Å². The van der Waals surface area contributed by atoms with Gasteiger partial charge in [-0.05, 0) is 24.6 Å². The van der Waals surface area contributed by atoms with E-state index in [4.69, 9.17) is 11.6 Å². The maximum absolute atomic E-state index is 13.8. The second kappa shape index (κ2) is 9.15. The van der Waals surface area contributed by atoms with Crippen LogP contribution in [0.4, 0.5) is 9.52 Å². The summed E-state index contributed by atoms with van der Waals surface area (Å²) in [7, 11) is 0. The lowest BCUT2D eigenvalue weighted by atomic mass is 10.1. The zero-order valence-corrected chi connectivity index (χ0v) is 17.4. The van der Waals surface area contributed by atoms with Gasteiger partial charge in [0.2, 0.25) is 11.8 Å². The van der Waals surface area contributed by atoms with Gasteiger partial charge < -0.3 is 10.6 Å². The van der Waals surface area contributed by atoms with Gasteiger partial charge in [-0.3, -0.25) is 9.59 Å². The lowest BCUT2D eigenvalue weighted by molar-refractivity contribution is -0.119. The zero-order chi connectivity index (χ0) is 21.0. The van der Waals surface area contributed by atoms with Crippen LogP contribution in [-0.4, -0.2) is 16.8 Å². The molecular weight excluding hydrogens is 413 g/mol. The van der Waals surface area contributed by atoms with Crippen LogP contribution in [-0.2, 0) is 16.0 Å². The summed E-state index contributed by atoms with van der Waals surface area (Å²) in [6, 6.07) is 11.9. The van der Waals surface area contributed by atoms with Crippen molar-refractivity contribution in [2.45, 2.75) is 26.3 Å². The Morgan fingerprint density at radius 2 is 1.93 bits per heavy atom. The minimum Gasteiger partial charge on any atom is -0.350 e. The van der Waals surface area contributed by atoms with E-state index in [1.807, 2.05) is 36.6 Å². The van der Waals surface area contributed by atoms with Crippen molar-refractivity contribution in [1.29, 1.82) is 0 Å². The average Bonchev–Trinajstić information content (AvgIpc) is 3.13. The Kier molecular flexibility index (Phi) is 6.61. The van der Waals surface area contributed by atoms with Crippen LogP contribution in [0.1, 0.15) is 31.0 Å². The predicted molar refractivity (Wildman–Crippen MR) is 114 cm³/mol. The van der Waals surface area contributed by atoms with Gasteiger partial charge in [0.15, 0.2) is 5.13 Å². The van der Waals surface area contributed by atoms with E-state index in [0.717, 1.165) is 11.1 Å². The average molecular weight is 432 g/mol. The topological polar surface area (TPSA) is 71.1 Å². The number of benzene rings is 2. The van der Waals surface area contributed by atoms with Crippen LogP contribution in [0.25, 0.3) is 11.3 Å². The summed E-state index contributed by atoms with van der Waals surface area (Å²) in [6.07, 6.45) is -0.170. The number of aromatic nitrogens is 1. The van der Waals surface area contributed by atoms with Crippen molar-refractivity contribution in [2.75, 3.05) is 5.32 Å². The number of anilines is 1. The molecule has 29 heavy (non-hydrogen) atoms. The number of carbonyl (C=O) groups is 2. The van der Waals surface area contributed by atoms with Gasteiger partial charge in [0.05, 0.1) is 18.2 Å². The molecule has 3 aromatic rings. The fourth-order valence-corrected chi connectivity index (χ4v) is 3.79. The second-order valence-corrected chi connectivity index (χ2v) is 7.77. The third kappa shape index (κ3) is 5.40. The van der Waals surface area contributed by atoms with Gasteiger partial charge in [-0.25, -0.2) is 9.37 Å². The van der Waals surface area contributed by atoms with Crippen molar-refractivity contribution < 1.29 is 14.0 Å². The smallest absolute Gasteiger partial charge is 0.230 e. The largest absolute Gasteiger partial charge is 0.350 e. The summed E-state index contributed by atoms with van der Waals surface area (Å²) < 4.78 is 13.8. The lowest BCUT2D eigenvalue weighted by Crippen LogP contribution is -2.23. The first-order valence-corrected chi connectivity index (χ1v) is 10.1. The molecule has 0 aliphatic carbocycles. The van der Waals surface area contributed by atoms with Crippen molar-refractivity contribution in [3.63, 3.8) is 0 Å². The molecule has 150 valence electrons. The molecule has 2 amide bonds. The quantitative estimate of drug-likeness (QED) is 0.578. The molecule has 0 spiro atoms. The number of hydrogen-bond donors (Lipinski definition) is 2. The molecule has 0 fully saturated rings. The number of carbonyl (C=O) groups excluding carboxylic acids is 2. The molecule has 1 unspecified atom stereocenters. The summed E-state index contributed by atoms with van der Waals surface area (Å²) in [6.45, 7) is 3.39. The molecule has 3 rings (SSSR count). The monoisotopic (exact) mass is 431 g/mol. The summed E-state index contributed by atoms with van der Waals surface area (Å²) in [4.78, 5) is 27.8. The van der Waals surface area contributed by atoms with Crippen LogP contribution < -0.4 is 10.6 Å². The van der Waals surface area contributed by atoms with E-state index in [1.165, 1.54) is 30.4 Å². The third-order valence-electron chi connectivity index (χ3n) is 4.28. The number of thiazole rings is 1. The van der Waals surface area contributed by atoms with Crippen molar-refractivity contribution >= 4 is 39.9 Å². The van der Waals surface area contributed by atoms with Gasteiger partial charge >= 0.3 is 0 Å². The normalized spacial score (nSPS) is 11.7. The second-order valence-electron chi connectivity index (χ2n) is 6.51. The van der Waals surface area contributed by atoms with Crippen LogP contribution in [0.3, 0.4) is 0 Å². The van der Waals surface area contributed by atoms with Crippen molar-refractivity contribution in [2.24, 2.45) is 0 Å². The Bertz CT molecular complexity index is 1020. The first-order chi connectivity index (χ1) is 13.8. The number of nitrogens with zero attached hydrogens (tertiary/aromatic N) is 1. The van der Waals surface area contributed by atoms with Gasteiger partial charge in [0, 0.05) is 28.5 Å². The van der Waals surface area contributed by atoms with Gasteiger partial charge in [0.1, 0.15) is 5.82 Å². The number of hydrogen-bond acceptors (Lipinski definition) is 4. The minimum atomic E-state index is -0.513. The molecule has 0 bridgehead atoms. The van der Waals surface area contributed by atoms with E-state index in [1.54, 1.807) is 6.07 Å². The molecule has 2 N–H and O–H groups in total. The fourth-order valence-electron chi connectivity index (χ4n) is 2.82. The molecule has 8 heteroatoms. The summed E-state index contributed by atoms with van der Waals surface area (Å²) in [5, 5.41) is 7.99. The van der Waals surface area contributed by atoms with Gasteiger partial charge in [-0.1, -0.05) is 41.9 Å². The number of rotatable bonds is 6. The van der Waals surface area contributed by atoms with Crippen LogP contribution in [0, 0.1) is 5.82 Å². The molecule has 0 saturated carbocycles. The van der Waals surface area contributed by atoms with Crippen LogP contribution in [0.2, 0.25) is 5.02 Å². The Morgan fingerprint density at radius 1 is 1.21 bits per heavy atom. The molecule has 0 aliphatic rings. The number of amides is 2. The molecule has 0 aliphatic heterocycles. The SMILES string of the molecule is CC(=O)NC(C)c1ccc(-c2csc(NC(=O)Cc3c(F)cccc3Cl)n2)cc1. The lowest BCUT2D eigenvalue weighted by Gasteiger charge is -2.13. The van der Waals surface area contributed by atoms with Gasteiger partial charge in [0.25, 0.3) is 0 Å². The Hall–Kier alpha value is -2.77. The standard InChI is InChI=1S/C21H19ClFN3O2S/c1-12(24-13(2)27)14-6-8-15(9-7-14)19-11-29-21(25-19)26-20(28)10-16-17(22)4-3-5-18(16)23/h3-9,11-12H,10H2,1-2H3,(H,24,27)(H,25,26,28). The van der Waals surface area contributed by atoms with E-state index < -0.39 is 11.7 Å². The molecular formula is C21H19ClFN3O2S. The first-order valence-electron chi connectivity index (χ1n) is 8.89. The molecule has 1 aromatic heterocycles. The van der Waals surface area contributed by atoms with Crippen molar-refractivity contribution in [3.05, 3.63) is 69.8 Å². The summed E-state index contributed by atoms with van der Waals surface area (Å²) in [5.74, 6) is -0.989. The molecule has 2 aromatic carbocycles. The van der Waals surface area contributed by atoms with E-state index >= 15 is 0 Å². The van der Waals surface area contributed by atoms with E-state index in [2.05, 4.69) is 15.6 Å². The highest BCUT2D eigenvalue weighted by molar-refractivity contribution is 7.14. The Morgan fingerprint density at radius 3 is 2.59 bits per heavy atom. The first kappa shape index (κ1) is 21.0. The molecule has 0 radical (unpaired) electrons. The van der Waals surface area contributed by atoms with Crippen LogP contribution in [0.5, 0.6) is 0 Å². The summed E-state index contributed by atoms with van der Waals surface area (Å²) >= 11 is 7.25. The van der Waals surface area contributed by atoms with Crippen LogP contribution in [0.15, 0.2) is 47.8 Å². The highest BCUT2D eigenvalue weighted by Crippen LogP contribution is 2.27. The number of nitrogens with one attached hydrogen (secondary N) is 2. The number of halogens is 2. The van der Waals surface area contributed by atoms with Crippen molar-refractivity contribution in [1.82, 2.24) is 10.3 Å². The van der Waals surface area contributed by atoms with Gasteiger partial charge in [-0.2, -0.15) is 0 Å². The van der Waals surface area contributed by atoms with Crippen molar-refractivity contribution in [3.8, 4) is 11.3 Å². The molecule has 5 nitrogen and oxygen atoms in total. The minimum absolute atomic E-state index is 0.0851.